The lowest BCUT2D eigenvalue weighted by atomic mass is 9.83. The normalized spacial score (nSPS) is 28.4. The van der Waals surface area contributed by atoms with Crippen LogP contribution in [0.1, 0.15) is 13.8 Å². The number of aliphatic hydroxyl groups excluding tert-OH is 2. The lowest BCUT2D eigenvalue weighted by Gasteiger charge is -2.37. The second-order valence-corrected chi connectivity index (χ2v) is 4.77. The van der Waals surface area contributed by atoms with E-state index < -0.39 is 36.7 Å². The van der Waals surface area contributed by atoms with Crippen molar-refractivity contribution in [3.8, 4) is 0 Å². The number of carbonyl (C=O) groups excluding carboxylic acids is 1. The largest absolute Gasteiger partial charge is 0.483 e. The van der Waals surface area contributed by atoms with Crippen LogP contribution in [-0.2, 0) is 14.3 Å². The zero-order chi connectivity index (χ0) is 15.3. The molecule has 0 aromatic heterocycles. The Bertz CT molecular complexity index is 433. The van der Waals surface area contributed by atoms with E-state index >= 15 is 0 Å². The summed E-state index contributed by atoms with van der Waals surface area (Å²) in [6, 6.07) is -0.582. The topological polar surface area (TPSA) is 125 Å². The van der Waals surface area contributed by atoms with Gasteiger partial charge in [-0.25, -0.2) is 4.79 Å². The van der Waals surface area contributed by atoms with Crippen LogP contribution in [0.5, 0.6) is 0 Å². The van der Waals surface area contributed by atoms with Crippen LogP contribution in [0.25, 0.3) is 10.4 Å². The third kappa shape index (κ3) is 3.41. The lowest BCUT2D eigenvalue weighted by Crippen LogP contribution is -2.44. The van der Waals surface area contributed by atoms with E-state index in [4.69, 9.17) is 15.4 Å². The molecule has 1 aliphatic rings. The Kier molecular flexibility index (Phi) is 5.82. The van der Waals surface area contributed by atoms with Crippen molar-refractivity contribution in [2.75, 3.05) is 13.7 Å². The second kappa shape index (κ2) is 7.14. The van der Waals surface area contributed by atoms with E-state index in [0.29, 0.717) is 0 Å². The Morgan fingerprint density at radius 2 is 2.35 bits per heavy atom. The first-order valence-electron chi connectivity index (χ1n) is 6.26. The van der Waals surface area contributed by atoms with Gasteiger partial charge < -0.3 is 19.7 Å². The molecule has 3 unspecified atom stereocenters. The number of aliphatic hydroxyl groups is 2. The van der Waals surface area contributed by atoms with Crippen molar-refractivity contribution in [1.82, 2.24) is 0 Å². The van der Waals surface area contributed by atoms with E-state index in [1.165, 1.54) is 13.2 Å². The van der Waals surface area contributed by atoms with Gasteiger partial charge in [0.2, 0.25) is 5.76 Å². The Balaban J connectivity index is 3.06. The molecule has 0 spiro atoms. The first-order valence-corrected chi connectivity index (χ1v) is 6.26. The molecule has 5 atom stereocenters. The average molecular weight is 285 g/mol. The lowest BCUT2D eigenvalue weighted by molar-refractivity contribution is -0.145. The Morgan fingerprint density at radius 1 is 1.70 bits per heavy atom. The van der Waals surface area contributed by atoms with Crippen LogP contribution in [0.15, 0.2) is 16.9 Å². The SMILES string of the molecule is COC(=O)C1=CC(N=[N+]=[N-])[C@@H](C)[C@H](C(C)C(O)CO)O1. The summed E-state index contributed by atoms with van der Waals surface area (Å²) in [5, 5.41) is 22.4. The van der Waals surface area contributed by atoms with Crippen LogP contribution in [0, 0.1) is 11.8 Å². The van der Waals surface area contributed by atoms with Crippen LogP contribution >= 0.6 is 0 Å². The quantitative estimate of drug-likeness (QED) is 0.333. The summed E-state index contributed by atoms with van der Waals surface area (Å²) in [6.07, 6.45) is -0.164. The second-order valence-electron chi connectivity index (χ2n) is 4.77. The Labute approximate surface area is 116 Å². The van der Waals surface area contributed by atoms with Gasteiger partial charge in [0.25, 0.3) is 0 Å². The predicted octanol–water partition coefficient (Wildman–Crippen LogP) is 0.746. The minimum absolute atomic E-state index is 0.0509. The van der Waals surface area contributed by atoms with Crippen LogP contribution < -0.4 is 0 Å². The van der Waals surface area contributed by atoms with Gasteiger partial charge in [0.15, 0.2) is 0 Å². The number of esters is 1. The molecule has 112 valence electrons. The number of ether oxygens (including phenoxy) is 2. The summed E-state index contributed by atoms with van der Waals surface area (Å²) >= 11 is 0. The number of hydrogen-bond acceptors (Lipinski definition) is 6. The highest BCUT2D eigenvalue weighted by Crippen LogP contribution is 2.32. The first-order chi connectivity index (χ1) is 9.46. The van der Waals surface area contributed by atoms with Gasteiger partial charge >= 0.3 is 5.97 Å². The highest BCUT2D eigenvalue weighted by atomic mass is 16.6. The van der Waals surface area contributed by atoms with Crippen molar-refractivity contribution in [1.29, 1.82) is 0 Å². The Morgan fingerprint density at radius 3 is 2.85 bits per heavy atom. The zero-order valence-electron chi connectivity index (χ0n) is 11.6. The van der Waals surface area contributed by atoms with Crippen molar-refractivity contribution < 1.29 is 24.5 Å². The molecular formula is C12H19N3O5. The molecule has 0 fully saturated rings. The van der Waals surface area contributed by atoms with Crippen LogP contribution in [0.2, 0.25) is 0 Å². The highest BCUT2D eigenvalue weighted by Gasteiger charge is 2.39. The molecule has 0 saturated carbocycles. The fraction of sp³-hybridized carbons (Fsp3) is 0.750. The molecule has 0 bridgehead atoms. The van der Waals surface area contributed by atoms with E-state index in [9.17, 15) is 9.90 Å². The molecule has 0 radical (unpaired) electrons. The minimum Gasteiger partial charge on any atom is -0.483 e. The van der Waals surface area contributed by atoms with Crippen LogP contribution in [0.3, 0.4) is 0 Å². The van der Waals surface area contributed by atoms with Gasteiger partial charge in [-0.2, -0.15) is 0 Å². The van der Waals surface area contributed by atoms with Crippen molar-refractivity contribution >= 4 is 5.97 Å². The molecule has 1 rings (SSSR count). The van der Waals surface area contributed by atoms with Crippen molar-refractivity contribution in [2.24, 2.45) is 17.0 Å². The van der Waals surface area contributed by atoms with Gasteiger partial charge in [0.05, 0.1) is 25.9 Å². The molecule has 1 heterocycles. The number of carbonyl (C=O) groups is 1. The standard InChI is InChI=1S/C12H19N3O5/c1-6-8(14-15-13)4-10(12(18)19-3)20-11(6)7(2)9(17)5-16/h4,6-9,11,16-17H,5H2,1-3H3/t6-,7?,8?,9?,11-/m1/s1. The highest BCUT2D eigenvalue weighted by molar-refractivity contribution is 5.86. The summed E-state index contributed by atoms with van der Waals surface area (Å²) in [4.78, 5) is 14.3. The minimum atomic E-state index is -0.994. The van der Waals surface area contributed by atoms with E-state index in [-0.39, 0.29) is 11.7 Å². The predicted molar refractivity (Wildman–Crippen MR) is 69.3 cm³/mol. The summed E-state index contributed by atoms with van der Waals surface area (Å²) in [5.41, 5.74) is 8.58. The van der Waals surface area contributed by atoms with E-state index in [1.807, 2.05) is 0 Å². The molecule has 0 aromatic rings. The van der Waals surface area contributed by atoms with Crippen LogP contribution in [0.4, 0.5) is 0 Å². The van der Waals surface area contributed by atoms with Gasteiger partial charge in [-0.05, 0) is 11.6 Å². The number of azide groups is 1. The molecule has 20 heavy (non-hydrogen) atoms. The maximum atomic E-state index is 11.6. The van der Waals surface area contributed by atoms with Gasteiger partial charge in [0, 0.05) is 16.7 Å². The monoisotopic (exact) mass is 285 g/mol. The first kappa shape index (κ1) is 16.3. The molecule has 0 amide bonds. The zero-order valence-corrected chi connectivity index (χ0v) is 11.6. The number of nitrogens with zero attached hydrogens (tertiary/aromatic N) is 3. The third-order valence-corrected chi connectivity index (χ3v) is 3.53. The average Bonchev–Trinajstić information content (AvgIpc) is 2.47. The van der Waals surface area contributed by atoms with Gasteiger partial charge in [-0.1, -0.05) is 19.0 Å². The van der Waals surface area contributed by atoms with E-state index in [0.717, 1.165) is 0 Å². The van der Waals surface area contributed by atoms with Crippen LogP contribution in [-0.4, -0.2) is 48.1 Å². The molecule has 2 N–H and O–H groups in total. The van der Waals surface area contributed by atoms with E-state index in [2.05, 4.69) is 14.8 Å². The maximum absolute atomic E-state index is 11.6. The summed E-state index contributed by atoms with van der Waals surface area (Å²) in [7, 11) is 1.22. The van der Waals surface area contributed by atoms with E-state index in [1.54, 1.807) is 13.8 Å². The van der Waals surface area contributed by atoms with Gasteiger partial charge in [0.1, 0.15) is 6.10 Å². The number of hydrogen-bond donors (Lipinski definition) is 2. The van der Waals surface area contributed by atoms with Crippen molar-refractivity contribution in [3.63, 3.8) is 0 Å². The maximum Gasteiger partial charge on any atom is 0.372 e. The summed E-state index contributed by atoms with van der Waals surface area (Å²) in [5.74, 6) is -1.43. The molecule has 8 nitrogen and oxygen atoms in total. The fourth-order valence-electron chi connectivity index (χ4n) is 2.18. The number of methoxy groups -OCH3 is 1. The molecule has 0 saturated heterocycles. The summed E-state index contributed by atoms with van der Waals surface area (Å²) < 4.78 is 10.1. The summed E-state index contributed by atoms with van der Waals surface area (Å²) in [6.45, 7) is 3.06. The van der Waals surface area contributed by atoms with Crippen molar-refractivity contribution in [2.45, 2.75) is 32.1 Å². The smallest absolute Gasteiger partial charge is 0.372 e. The molecule has 1 aliphatic heterocycles. The fourth-order valence-corrected chi connectivity index (χ4v) is 2.18. The molecule has 8 heteroatoms. The van der Waals surface area contributed by atoms with Gasteiger partial charge in [-0.3, -0.25) is 0 Å². The Hall–Kier alpha value is -1.76. The molecule has 0 aromatic carbocycles. The molecular weight excluding hydrogens is 266 g/mol. The van der Waals surface area contributed by atoms with Gasteiger partial charge in [-0.15, -0.1) is 0 Å². The number of rotatable bonds is 5. The molecule has 0 aliphatic carbocycles. The van der Waals surface area contributed by atoms with Crippen molar-refractivity contribution in [3.05, 3.63) is 22.3 Å². The third-order valence-electron chi connectivity index (χ3n) is 3.53.